The lowest BCUT2D eigenvalue weighted by Crippen LogP contribution is -2.47. The summed E-state index contributed by atoms with van der Waals surface area (Å²) in [7, 11) is 0. The SMILES string of the molecule is Cc1ccc(C(=O)N(CCCN2CCCCC2)CCC(=O)N2CCNCC2)cc1. The Bertz CT molecular complexity index is 649. The predicted molar refractivity (Wildman–Crippen MR) is 116 cm³/mol. The van der Waals surface area contributed by atoms with E-state index in [9.17, 15) is 9.59 Å². The van der Waals surface area contributed by atoms with Gasteiger partial charge in [-0.3, -0.25) is 9.59 Å². The third-order valence-electron chi connectivity index (χ3n) is 6.00. The Labute approximate surface area is 175 Å². The Hall–Kier alpha value is -1.92. The van der Waals surface area contributed by atoms with Crippen LogP contribution in [0, 0.1) is 6.92 Å². The van der Waals surface area contributed by atoms with Gasteiger partial charge in [0.25, 0.3) is 5.91 Å². The number of amides is 2. The van der Waals surface area contributed by atoms with Gasteiger partial charge in [0, 0.05) is 51.3 Å². The van der Waals surface area contributed by atoms with Crippen molar-refractivity contribution in [1.29, 1.82) is 0 Å². The van der Waals surface area contributed by atoms with E-state index in [0.717, 1.165) is 44.7 Å². The van der Waals surface area contributed by atoms with Crippen LogP contribution in [-0.4, -0.2) is 85.4 Å². The fourth-order valence-electron chi connectivity index (χ4n) is 4.16. The monoisotopic (exact) mass is 400 g/mol. The van der Waals surface area contributed by atoms with Crippen molar-refractivity contribution in [2.45, 2.75) is 39.0 Å². The van der Waals surface area contributed by atoms with Gasteiger partial charge in [-0.05, 0) is 58.0 Å². The van der Waals surface area contributed by atoms with E-state index < -0.39 is 0 Å². The minimum absolute atomic E-state index is 0.0387. The second-order valence-corrected chi connectivity index (χ2v) is 8.29. The van der Waals surface area contributed by atoms with Gasteiger partial charge < -0.3 is 20.0 Å². The first kappa shape index (κ1) is 21.8. The van der Waals surface area contributed by atoms with Gasteiger partial charge in [0.15, 0.2) is 0 Å². The highest BCUT2D eigenvalue weighted by molar-refractivity contribution is 5.94. The minimum atomic E-state index is 0.0387. The number of hydrogen-bond acceptors (Lipinski definition) is 4. The van der Waals surface area contributed by atoms with Crippen molar-refractivity contribution < 1.29 is 9.59 Å². The molecule has 0 radical (unpaired) electrons. The molecule has 0 unspecified atom stereocenters. The van der Waals surface area contributed by atoms with Crippen LogP contribution in [0.15, 0.2) is 24.3 Å². The number of likely N-dealkylation sites (tertiary alicyclic amines) is 1. The maximum Gasteiger partial charge on any atom is 0.253 e. The summed E-state index contributed by atoms with van der Waals surface area (Å²) in [6.45, 7) is 9.84. The van der Waals surface area contributed by atoms with Gasteiger partial charge in [-0.2, -0.15) is 0 Å². The third kappa shape index (κ3) is 6.82. The average molecular weight is 401 g/mol. The largest absolute Gasteiger partial charge is 0.340 e. The summed E-state index contributed by atoms with van der Waals surface area (Å²) in [6, 6.07) is 7.75. The van der Waals surface area contributed by atoms with E-state index >= 15 is 0 Å². The van der Waals surface area contributed by atoms with Crippen molar-refractivity contribution in [3.63, 3.8) is 0 Å². The lowest BCUT2D eigenvalue weighted by Gasteiger charge is -2.30. The van der Waals surface area contributed by atoms with E-state index in [0.29, 0.717) is 25.1 Å². The summed E-state index contributed by atoms with van der Waals surface area (Å²) in [6.07, 6.45) is 5.26. The highest BCUT2D eigenvalue weighted by atomic mass is 16.2. The zero-order valence-electron chi connectivity index (χ0n) is 17.9. The minimum Gasteiger partial charge on any atom is -0.340 e. The van der Waals surface area contributed by atoms with Crippen molar-refractivity contribution in [2.24, 2.45) is 0 Å². The average Bonchev–Trinajstić information content (AvgIpc) is 2.77. The molecule has 6 nitrogen and oxygen atoms in total. The molecule has 0 atom stereocenters. The van der Waals surface area contributed by atoms with E-state index in [-0.39, 0.29) is 11.8 Å². The molecule has 1 N–H and O–H groups in total. The van der Waals surface area contributed by atoms with Gasteiger partial charge in [-0.1, -0.05) is 24.1 Å². The molecule has 2 amide bonds. The van der Waals surface area contributed by atoms with Crippen LogP contribution < -0.4 is 5.32 Å². The van der Waals surface area contributed by atoms with E-state index in [1.54, 1.807) is 0 Å². The summed E-state index contributed by atoms with van der Waals surface area (Å²) < 4.78 is 0. The molecule has 160 valence electrons. The van der Waals surface area contributed by atoms with Gasteiger partial charge in [0.1, 0.15) is 0 Å². The molecule has 2 aliphatic heterocycles. The molecule has 2 heterocycles. The van der Waals surface area contributed by atoms with Gasteiger partial charge in [0.2, 0.25) is 5.91 Å². The smallest absolute Gasteiger partial charge is 0.253 e. The van der Waals surface area contributed by atoms with Crippen LogP contribution in [0.2, 0.25) is 0 Å². The van der Waals surface area contributed by atoms with E-state index in [2.05, 4.69) is 10.2 Å². The van der Waals surface area contributed by atoms with Crippen LogP contribution in [0.5, 0.6) is 0 Å². The van der Waals surface area contributed by atoms with Crippen LogP contribution in [0.25, 0.3) is 0 Å². The maximum atomic E-state index is 13.1. The van der Waals surface area contributed by atoms with Crippen molar-refractivity contribution in [1.82, 2.24) is 20.0 Å². The van der Waals surface area contributed by atoms with Crippen molar-refractivity contribution in [2.75, 3.05) is 58.9 Å². The molecule has 2 fully saturated rings. The fraction of sp³-hybridized carbons (Fsp3) is 0.652. The van der Waals surface area contributed by atoms with Crippen LogP contribution in [0.1, 0.15) is 48.0 Å². The summed E-state index contributed by atoms with van der Waals surface area (Å²) in [5.41, 5.74) is 1.86. The highest BCUT2D eigenvalue weighted by Gasteiger charge is 2.21. The Morgan fingerprint density at radius 2 is 1.66 bits per heavy atom. The predicted octanol–water partition coefficient (Wildman–Crippen LogP) is 2.14. The first-order valence-electron chi connectivity index (χ1n) is 11.2. The number of piperidine rings is 1. The fourth-order valence-corrected chi connectivity index (χ4v) is 4.16. The van der Waals surface area contributed by atoms with Crippen molar-refractivity contribution in [3.05, 3.63) is 35.4 Å². The Morgan fingerprint density at radius 3 is 2.34 bits per heavy atom. The number of nitrogens with zero attached hydrogens (tertiary/aromatic N) is 3. The number of aryl methyl sites for hydroxylation is 1. The molecule has 1 aromatic rings. The number of rotatable bonds is 8. The quantitative estimate of drug-likeness (QED) is 0.726. The molecule has 6 heteroatoms. The molecule has 0 spiro atoms. The first-order valence-corrected chi connectivity index (χ1v) is 11.2. The molecule has 3 rings (SSSR count). The molecular formula is C23H36N4O2. The normalized spacial score (nSPS) is 17.9. The molecule has 2 aliphatic rings. The van der Waals surface area contributed by atoms with Crippen molar-refractivity contribution in [3.8, 4) is 0 Å². The summed E-state index contributed by atoms with van der Waals surface area (Å²) in [4.78, 5) is 32.0. The number of piperazine rings is 1. The Kier molecular flexibility index (Phi) is 8.50. The van der Waals surface area contributed by atoms with Gasteiger partial charge in [-0.15, -0.1) is 0 Å². The van der Waals surface area contributed by atoms with Crippen LogP contribution in [-0.2, 0) is 4.79 Å². The second kappa shape index (κ2) is 11.3. The lowest BCUT2D eigenvalue weighted by molar-refractivity contribution is -0.131. The van der Waals surface area contributed by atoms with E-state index in [1.165, 1.54) is 32.4 Å². The number of nitrogens with one attached hydrogen (secondary N) is 1. The van der Waals surface area contributed by atoms with Gasteiger partial charge in [-0.25, -0.2) is 0 Å². The molecule has 29 heavy (non-hydrogen) atoms. The molecule has 0 aromatic heterocycles. The van der Waals surface area contributed by atoms with E-state index in [1.807, 2.05) is 41.0 Å². The zero-order valence-corrected chi connectivity index (χ0v) is 17.9. The first-order chi connectivity index (χ1) is 14.1. The van der Waals surface area contributed by atoms with Crippen LogP contribution in [0.4, 0.5) is 0 Å². The third-order valence-corrected chi connectivity index (χ3v) is 6.00. The molecule has 0 bridgehead atoms. The number of hydrogen-bond donors (Lipinski definition) is 1. The Balaban J connectivity index is 1.56. The van der Waals surface area contributed by atoms with Gasteiger partial charge >= 0.3 is 0 Å². The molecule has 0 aliphatic carbocycles. The standard InChI is InChI=1S/C23H36N4O2/c1-20-6-8-21(9-7-20)23(29)27(16-5-15-25-13-3-2-4-14-25)17-10-22(28)26-18-11-24-12-19-26/h6-9,24H,2-5,10-19H2,1H3. The molecule has 2 saturated heterocycles. The zero-order chi connectivity index (χ0) is 20.5. The maximum absolute atomic E-state index is 13.1. The highest BCUT2D eigenvalue weighted by Crippen LogP contribution is 2.12. The van der Waals surface area contributed by atoms with E-state index in [4.69, 9.17) is 0 Å². The summed E-state index contributed by atoms with van der Waals surface area (Å²) in [5, 5.41) is 3.27. The molecule has 0 saturated carbocycles. The Morgan fingerprint density at radius 1 is 0.966 bits per heavy atom. The summed E-state index contributed by atoms with van der Waals surface area (Å²) >= 11 is 0. The topological polar surface area (TPSA) is 55.9 Å². The number of benzene rings is 1. The van der Waals surface area contributed by atoms with Crippen molar-refractivity contribution >= 4 is 11.8 Å². The lowest BCUT2D eigenvalue weighted by atomic mass is 10.1. The molecule has 1 aromatic carbocycles. The van der Waals surface area contributed by atoms with Crippen LogP contribution >= 0.6 is 0 Å². The summed E-state index contributed by atoms with van der Waals surface area (Å²) in [5.74, 6) is 0.195. The van der Waals surface area contributed by atoms with Crippen LogP contribution in [0.3, 0.4) is 0 Å². The molecular weight excluding hydrogens is 364 g/mol. The second-order valence-electron chi connectivity index (χ2n) is 8.29. The number of carbonyl (C=O) groups excluding carboxylic acids is 2. The number of carbonyl (C=O) groups is 2. The van der Waals surface area contributed by atoms with Gasteiger partial charge in [0.05, 0.1) is 0 Å².